The van der Waals surface area contributed by atoms with E-state index in [-0.39, 0.29) is 0 Å². The van der Waals surface area contributed by atoms with E-state index in [0.717, 1.165) is 17.0 Å². The molecule has 1 aliphatic carbocycles. The van der Waals surface area contributed by atoms with Crippen LogP contribution in [0.3, 0.4) is 0 Å². The maximum Gasteiger partial charge on any atom is 0.00592 e. The minimum absolute atomic E-state index is 0.827. The van der Waals surface area contributed by atoms with Crippen LogP contribution in [0.1, 0.15) is 51.9 Å². The molecule has 1 unspecified atom stereocenters. The molecule has 0 spiro atoms. The van der Waals surface area contributed by atoms with Crippen LogP contribution in [0.25, 0.3) is 0 Å². The van der Waals surface area contributed by atoms with E-state index in [1.165, 1.54) is 44.9 Å². The van der Waals surface area contributed by atoms with E-state index in [0.29, 0.717) is 0 Å². The third-order valence-electron chi connectivity index (χ3n) is 2.88. The highest BCUT2D eigenvalue weighted by atomic mass is 32.2. The molecule has 0 saturated heterocycles. The van der Waals surface area contributed by atoms with Crippen LogP contribution in [0.2, 0.25) is 0 Å². The summed E-state index contributed by atoms with van der Waals surface area (Å²) in [5.41, 5.74) is 5.60. The van der Waals surface area contributed by atoms with Crippen LogP contribution < -0.4 is 5.73 Å². The number of rotatable bonds is 5. The Kier molecular flexibility index (Phi) is 5.88. The quantitative estimate of drug-likeness (QED) is 0.739. The van der Waals surface area contributed by atoms with Crippen molar-refractivity contribution in [3.05, 3.63) is 0 Å². The molecule has 0 aromatic heterocycles. The van der Waals surface area contributed by atoms with Gasteiger partial charge in [0.05, 0.1) is 0 Å². The Bertz CT molecular complexity index is 119. The van der Waals surface area contributed by atoms with Crippen molar-refractivity contribution in [3.63, 3.8) is 0 Å². The first kappa shape index (κ1) is 11.4. The second-order valence-corrected chi connectivity index (χ2v) is 5.61. The fourth-order valence-electron chi connectivity index (χ4n) is 2.03. The summed E-state index contributed by atoms with van der Waals surface area (Å²) < 4.78 is 0. The van der Waals surface area contributed by atoms with Gasteiger partial charge in [0.25, 0.3) is 0 Å². The highest BCUT2D eigenvalue weighted by Crippen LogP contribution is 2.33. The van der Waals surface area contributed by atoms with E-state index in [4.69, 9.17) is 5.73 Å². The third kappa shape index (κ3) is 4.37. The number of nitrogens with two attached hydrogens (primary N) is 1. The highest BCUT2D eigenvalue weighted by Gasteiger charge is 2.17. The molecule has 1 saturated carbocycles. The molecule has 13 heavy (non-hydrogen) atoms. The van der Waals surface area contributed by atoms with Gasteiger partial charge in [-0.05, 0) is 32.2 Å². The van der Waals surface area contributed by atoms with Crippen LogP contribution in [-0.4, -0.2) is 17.0 Å². The Balaban J connectivity index is 2.18. The van der Waals surface area contributed by atoms with Crippen LogP contribution in [0, 0.1) is 0 Å². The van der Waals surface area contributed by atoms with E-state index in [1.54, 1.807) is 0 Å². The second-order valence-electron chi connectivity index (χ2n) is 4.00. The van der Waals surface area contributed by atoms with Crippen molar-refractivity contribution in [1.29, 1.82) is 0 Å². The molecule has 0 aromatic carbocycles. The SMILES string of the molecule is CCC(CCN)SC1CCCCC1. The van der Waals surface area contributed by atoms with Gasteiger partial charge in [-0.2, -0.15) is 11.8 Å². The van der Waals surface area contributed by atoms with Gasteiger partial charge in [-0.15, -0.1) is 0 Å². The van der Waals surface area contributed by atoms with E-state index in [2.05, 4.69) is 18.7 Å². The van der Waals surface area contributed by atoms with Crippen molar-refractivity contribution in [2.45, 2.75) is 62.4 Å². The largest absolute Gasteiger partial charge is 0.330 e. The van der Waals surface area contributed by atoms with Gasteiger partial charge in [-0.25, -0.2) is 0 Å². The summed E-state index contributed by atoms with van der Waals surface area (Å²) in [4.78, 5) is 0. The van der Waals surface area contributed by atoms with E-state index >= 15 is 0 Å². The zero-order valence-corrected chi connectivity index (χ0v) is 9.61. The normalized spacial score (nSPS) is 21.7. The van der Waals surface area contributed by atoms with Crippen LogP contribution in [0.4, 0.5) is 0 Å². The van der Waals surface area contributed by atoms with Gasteiger partial charge < -0.3 is 5.73 Å². The zero-order chi connectivity index (χ0) is 9.52. The molecule has 0 aliphatic heterocycles. The van der Waals surface area contributed by atoms with E-state index in [1.807, 2.05) is 0 Å². The Morgan fingerprint density at radius 3 is 2.54 bits per heavy atom. The van der Waals surface area contributed by atoms with Gasteiger partial charge in [0.2, 0.25) is 0 Å². The molecule has 2 heteroatoms. The smallest absolute Gasteiger partial charge is 0.00592 e. The van der Waals surface area contributed by atoms with Crippen molar-refractivity contribution < 1.29 is 0 Å². The summed E-state index contributed by atoms with van der Waals surface area (Å²) in [6.07, 6.45) is 9.77. The summed E-state index contributed by atoms with van der Waals surface area (Å²) in [6.45, 7) is 3.15. The molecule has 1 rings (SSSR count). The summed E-state index contributed by atoms with van der Waals surface area (Å²) in [6, 6.07) is 0. The predicted molar refractivity (Wildman–Crippen MR) is 62.2 cm³/mol. The molecule has 1 nitrogen and oxygen atoms in total. The predicted octanol–water partition coefficient (Wildman–Crippen LogP) is 3.18. The fourth-order valence-corrected chi connectivity index (χ4v) is 3.64. The lowest BCUT2D eigenvalue weighted by Gasteiger charge is -2.25. The summed E-state index contributed by atoms with van der Waals surface area (Å²) in [5.74, 6) is 0. The van der Waals surface area contributed by atoms with Crippen molar-refractivity contribution in [2.24, 2.45) is 5.73 Å². The summed E-state index contributed by atoms with van der Waals surface area (Å²) in [7, 11) is 0. The lowest BCUT2D eigenvalue weighted by Crippen LogP contribution is -2.16. The fraction of sp³-hybridized carbons (Fsp3) is 1.00. The van der Waals surface area contributed by atoms with Crippen LogP contribution in [-0.2, 0) is 0 Å². The number of hydrogen-bond donors (Lipinski definition) is 1. The van der Waals surface area contributed by atoms with Crippen LogP contribution >= 0.6 is 11.8 Å². The number of thioether (sulfide) groups is 1. The Morgan fingerprint density at radius 2 is 2.00 bits per heavy atom. The molecule has 1 aliphatic rings. The minimum atomic E-state index is 0.827. The Labute approximate surface area is 86.8 Å². The lowest BCUT2D eigenvalue weighted by atomic mass is 10.0. The average Bonchev–Trinajstić information content (AvgIpc) is 2.19. The maximum absolute atomic E-state index is 5.60. The van der Waals surface area contributed by atoms with Gasteiger partial charge in [0, 0.05) is 10.5 Å². The van der Waals surface area contributed by atoms with Crippen molar-refractivity contribution in [1.82, 2.24) is 0 Å². The summed E-state index contributed by atoms with van der Waals surface area (Å²) >= 11 is 2.21. The standard InChI is InChI=1S/C11H23NS/c1-2-10(8-9-12)13-11-6-4-3-5-7-11/h10-11H,2-9,12H2,1H3. The molecule has 0 radical (unpaired) electrons. The zero-order valence-electron chi connectivity index (χ0n) is 8.80. The first-order chi connectivity index (χ1) is 6.36. The molecule has 1 fully saturated rings. The molecular weight excluding hydrogens is 178 g/mol. The number of hydrogen-bond acceptors (Lipinski definition) is 2. The highest BCUT2D eigenvalue weighted by molar-refractivity contribution is 8.00. The van der Waals surface area contributed by atoms with Crippen LogP contribution in [0.5, 0.6) is 0 Å². The molecule has 0 bridgehead atoms. The van der Waals surface area contributed by atoms with E-state index < -0.39 is 0 Å². The van der Waals surface area contributed by atoms with E-state index in [9.17, 15) is 0 Å². The maximum atomic E-state index is 5.60. The van der Waals surface area contributed by atoms with Crippen LogP contribution in [0.15, 0.2) is 0 Å². The monoisotopic (exact) mass is 201 g/mol. The third-order valence-corrected chi connectivity index (χ3v) is 4.69. The van der Waals surface area contributed by atoms with Gasteiger partial charge in [-0.3, -0.25) is 0 Å². The average molecular weight is 201 g/mol. The second kappa shape index (κ2) is 6.72. The lowest BCUT2D eigenvalue weighted by molar-refractivity contribution is 0.513. The minimum Gasteiger partial charge on any atom is -0.330 e. The summed E-state index contributed by atoms with van der Waals surface area (Å²) in [5, 5.41) is 1.78. The molecule has 0 amide bonds. The molecule has 0 aromatic rings. The first-order valence-electron chi connectivity index (χ1n) is 5.72. The Hall–Kier alpha value is 0.310. The van der Waals surface area contributed by atoms with Gasteiger partial charge >= 0.3 is 0 Å². The van der Waals surface area contributed by atoms with Gasteiger partial charge in [0.1, 0.15) is 0 Å². The molecule has 78 valence electrons. The first-order valence-corrected chi connectivity index (χ1v) is 6.66. The van der Waals surface area contributed by atoms with Crippen molar-refractivity contribution in [3.8, 4) is 0 Å². The van der Waals surface area contributed by atoms with Crippen molar-refractivity contribution >= 4 is 11.8 Å². The molecule has 0 heterocycles. The molecular formula is C11H23NS. The molecule has 2 N–H and O–H groups in total. The van der Waals surface area contributed by atoms with Crippen molar-refractivity contribution in [2.75, 3.05) is 6.54 Å². The Morgan fingerprint density at radius 1 is 1.31 bits per heavy atom. The topological polar surface area (TPSA) is 26.0 Å². The molecule has 1 atom stereocenters. The van der Waals surface area contributed by atoms with Gasteiger partial charge in [-0.1, -0.05) is 26.2 Å². The van der Waals surface area contributed by atoms with Gasteiger partial charge in [0.15, 0.2) is 0 Å².